The van der Waals surface area contributed by atoms with Crippen LogP contribution in [0.15, 0.2) is 47.4 Å². The van der Waals surface area contributed by atoms with E-state index in [2.05, 4.69) is 10.0 Å². The largest absolute Gasteiger partial charge is 0.494 e. The average Bonchev–Trinajstić information content (AvgIpc) is 2.68. The van der Waals surface area contributed by atoms with Crippen LogP contribution in [0.3, 0.4) is 0 Å². The molecule has 0 bridgehead atoms. The number of rotatable bonds is 11. The predicted octanol–water partition coefficient (Wildman–Crippen LogP) is 2.72. The van der Waals surface area contributed by atoms with E-state index in [0.29, 0.717) is 36.0 Å². The fourth-order valence-electron chi connectivity index (χ4n) is 2.70. The molecule has 0 saturated carbocycles. The third kappa shape index (κ3) is 6.93. The Kier molecular flexibility index (Phi) is 8.49. The molecule has 9 heteroatoms. The molecule has 2 rings (SSSR count). The summed E-state index contributed by atoms with van der Waals surface area (Å²) >= 11 is 0. The molecule has 0 unspecified atom stereocenters. The molecule has 1 atom stereocenters. The van der Waals surface area contributed by atoms with Crippen molar-refractivity contribution in [2.75, 3.05) is 31.7 Å². The predicted molar refractivity (Wildman–Crippen MR) is 115 cm³/mol. The Morgan fingerprint density at radius 1 is 1.10 bits per heavy atom. The number of benzene rings is 2. The second kappa shape index (κ2) is 10.8. The molecule has 0 aliphatic carbocycles. The summed E-state index contributed by atoms with van der Waals surface area (Å²) in [5, 5.41) is 2.74. The van der Waals surface area contributed by atoms with Gasteiger partial charge in [-0.05, 0) is 68.8 Å². The van der Waals surface area contributed by atoms with E-state index >= 15 is 0 Å². The van der Waals surface area contributed by atoms with Gasteiger partial charge in [0, 0.05) is 18.8 Å². The van der Waals surface area contributed by atoms with Gasteiger partial charge in [-0.2, -0.15) is 0 Å². The van der Waals surface area contributed by atoms with Crippen LogP contribution in [-0.2, 0) is 19.6 Å². The minimum atomic E-state index is -3.77. The Bertz CT molecular complexity index is 944. The van der Waals surface area contributed by atoms with Crippen LogP contribution in [0, 0.1) is 6.92 Å². The second-order valence-corrected chi connectivity index (χ2v) is 8.39. The first-order valence-corrected chi connectivity index (χ1v) is 11.0. The molecule has 1 amide bonds. The maximum atomic E-state index is 12.7. The van der Waals surface area contributed by atoms with Crippen LogP contribution in [0.2, 0.25) is 0 Å². The maximum Gasteiger partial charge on any atom is 0.261 e. The van der Waals surface area contributed by atoms with Crippen molar-refractivity contribution in [1.82, 2.24) is 5.32 Å². The number of amides is 1. The Morgan fingerprint density at radius 3 is 2.40 bits per heavy atom. The molecule has 0 aromatic heterocycles. The number of sulfonamides is 1. The first-order chi connectivity index (χ1) is 14.2. The Labute approximate surface area is 177 Å². The highest BCUT2D eigenvalue weighted by molar-refractivity contribution is 7.92. The van der Waals surface area contributed by atoms with Crippen molar-refractivity contribution < 1.29 is 27.4 Å². The summed E-state index contributed by atoms with van der Waals surface area (Å²) in [7, 11) is -2.21. The van der Waals surface area contributed by atoms with Crippen molar-refractivity contribution in [1.29, 1.82) is 0 Å². The van der Waals surface area contributed by atoms with Gasteiger partial charge in [0.1, 0.15) is 11.5 Å². The van der Waals surface area contributed by atoms with Crippen LogP contribution < -0.4 is 19.5 Å². The summed E-state index contributed by atoms with van der Waals surface area (Å²) in [6.07, 6.45) is 0. The molecule has 0 aliphatic rings. The molecule has 0 aliphatic heterocycles. The van der Waals surface area contributed by atoms with Crippen molar-refractivity contribution in [2.24, 2.45) is 0 Å². The first kappa shape index (κ1) is 23.5. The van der Waals surface area contributed by atoms with E-state index in [4.69, 9.17) is 14.2 Å². The van der Waals surface area contributed by atoms with Crippen molar-refractivity contribution in [2.45, 2.75) is 31.7 Å². The third-order valence-electron chi connectivity index (χ3n) is 4.06. The molecule has 0 saturated heterocycles. The van der Waals surface area contributed by atoms with Gasteiger partial charge in [-0.15, -0.1) is 0 Å². The Morgan fingerprint density at radius 2 is 1.80 bits per heavy atom. The van der Waals surface area contributed by atoms with Gasteiger partial charge in [-0.25, -0.2) is 8.42 Å². The maximum absolute atomic E-state index is 12.7. The van der Waals surface area contributed by atoms with Gasteiger partial charge in [0.15, 0.2) is 6.61 Å². The lowest BCUT2D eigenvalue weighted by atomic mass is 10.2. The van der Waals surface area contributed by atoms with Crippen LogP contribution in [0.5, 0.6) is 11.5 Å². The number of nitrogens with one attached hydrogen (secondary N) is 2. The first-order valence-electron chi connectivity index (χ1n) is 9.52. The van der Waals surface area contributed by atoms with Crippen molar-refractivity contribution >= 4 is 21.6 Å². The topological polar surface area (TPSA) is 103 Å². The summed E-state index contributed by atoms with van der Waals surface area (Å²) in [4.78, 5) is 12.0. The summed E-state index contributed by atoms with van der Waals surface area (Å²) in [6, 6.07) is 11.0. The molecule has 30 heavy (non-hydrogen) atoms. The van der Waals surface area contributed by atoms with Gasteiger partial charge in [0.2, 0.25) is 0 Å². The van der Waals surface area contributed by atoms with E-state index in [1.54, 1.807) is 38.3 Å². The molecule has 0 radical (unpaired) electrons. The highest BCUT2D eigenvalue weighted by Crippen LogP contribution is 2.24. The number of carbonyl (C=O) groups excluding carboxylic acids is 1. The lowest BCUT2D eigenvalue weighted by Gasteiger charge is -2.15. The third-order valence-corrected chi connectivity index (χ3v) is 5.44. The summed E-state index contributed by atoms with van der Waals surface area (Å²) in [5.74, 6) is 0.816. The molecule has 0 fully saturated rings. The van der Waals surface area contributed by atoms with Crippen LogP contribution >= 0.6 is 0 Å². The van der Waals surface area contributed by atoms with Gasteiger partial charge in [-0.3, -0.25) is 9.52 Å². The van der Waals surface area contributed by atoms with Crippen LogP contribution in [-0.4, -0.2) is 47.3 Å². The molecular formula is C21H28N2O6S. The van der Waals surface area contributed by atoms with Crippen LogP contribution in [0.25, 0.3) is 0 Å². The number of anilines is 1. The van der Waals surface area contributed by atoms with Crippen molar-refractivity contribution in [3.8, 4) is 11.5 Å². The van der Waals surface area contributed by atoms with Gasteiger partial charge >= 0.3 is 0 Å². The standard InChI is InChI=1S/C21H28N2O6S/c1-5-28-18-8-6-17(7-9-18)23-30(25,26)19-10-11-20(15(2)12-19)29-14-21(24)22-16(3)13-27-4/h6-12,16,23H,5,13-14H2,1-4H3,(H,22,24)/t16-/m0/s1. The molecule has 8 nitrogen and oxygen atoms in total. The number of hydrogen-bond acceptors (Lipinski definition) is 6. The average molecular weight is 437 g/mol. The minimum Gasteiger partial charge on any atom is -0.494 e. The normalized spacial score (nSPS) is 12.1. The minimum absolute atomic E-state index is 0.0967. The van der Waals surface area contributed by atoms with Crippen molar-refractivity contribution in [3.05, 3.63) is 48.0 Å². The molecule has 2 N–H and O–H groups in total. The number of aryl methyl sites for hydroxylation is 1. The molecule has 164 valence electrons. The zero-order valence-electron chi connectivity index (χ0n) is 17.6. The van der Waals surface area contributed by atoms with E-state index in [9.17, 15) is 13.2 Å². The number of ether oxygens (including phenoxy) is 3. The van der Waals surface area contributed by atoms with Crippen molar-refractivity contribution in [3.63, 3.8) is 0 Å². The Balaban J connectivity index is 2.01. The highest BCUT2D eigenvalue weighted by atomic mass is 32.2. The lowest BCUT2D eigenvalue weighted by molar-refractivity contribution is -0.124. The van der Waals surface area contributed by atoms with E-state index in [0.717, 1.165) is 0 Å². The SMILES string of the molecule is CCOc1ccc(NS(=O)(=O)c2ccc(OCC(=O)N[C@@H](C)COC)c(C)c2)cc1. The smallest absolute Gasteiger partial charge is 0.261 e. The molecule has 2 aromatic carbocycles. The summed E-state index contributed by atoms with van der Waals surface area (Å²) < 4.78 is 43.7. The molecule has 0 heterocycles. The zero-order chi connectivity index (χ0) is 22.1. The zero-order valence-corrected chi connectivity index (χ0v) is 18.4. The second-order valence-electron chi connectivity index (χ2n) is 6.70. The van der Waals surface area contributed by atoms with Gasteiger partial charge in [0.05, 0.1) is 18.1 Å². The van der Waals surface area contributed by atoms with E-state index in [1.807, 2.05) is 13.8 Å². The van der Waals surface area contributed by atoms with E-state index in [-0.39, 0.29) is 23.5 Å². The van der Waals surface area contributed by atoms with E-state index < -0.39 is 10.0 Å². The number of carbonyl (C=O) groups is 1. The molecule has 2 aromatic rings. The van der Waals surface area contributed by atoms with Crippen LogP contribution in [0.1, 0.15) is 19.4 Å². The van der Waals surface area contributed by atoms with Gasteiger partial charge in [0.25, 0.3) is 15.9 Å². The summed E-state index contributed by atoms with van der Waals surface area (Å²) in [6.45, 7) is 6.18. The fourth-order valence-corrected chi connectivity index (χ4v) is 3.85. The van der Waals surface area contributed by atoms with Crippen LogP contribution in [0.4, 0.5) is 5.69 Å². The molecular weight excluding hydrogens is 408 g/mol. The Hall–Kier alpha value is -2.78. The number of methoxy groups -OCH3 is 1. The fraction of sp³-hybridized carbons (Fsp3) is 0.381. The molecule has 0 spiro atoms. The highest BCUT2D eigenvalue weighted by Gasteiger charge is 2.16. The number of hydrogen-bond donors (Lipinski definition) is 2. The summed E-state index contributed by atoms with van der Waals surface area (Å²) in [5.41, 5.74) is 1.03. The van der Waals surface area contributed by atoms with Gasteiger partial charge in [-0.1, -0.05) is 0 Å². The van der Waals surface area contributed by atoms with Gasteiger partial charge < -0.3 is 19.5 Å². The lowest BCUT2D eigenvalue weighted by Crippen LogP contribution is -2.38. The van der Waals surface area contributed by atoms with E-state index in [1.165, 1.54) is 18.2 Å². The quantitative estimate of drug-likeness (QED) is 0.561. The monoisotopic (exact) mass is 436 g/mol.